The second-order valence-corrected chi connectivity index (χ2v) is 7.19. The number of alkyl halides is 3. The standard InChI is InChI=1S/C20H18ClF3N6O2.H2S/c1-3-17(31)29-15-4-5-16(25-9-15)30-18(26-10-27-30)11(2)28-19(32)12-6-13(20(22,23)24)8-14(21)7-12;/h4-11H,3H2,1-2H3,(H,28,32)(H,29,31);1H2/t11-;/m0./s1. The second-order valence-electron chi connectivity index (χ2n) is 6.76. The zero-order valence-electron chi connectivity index (χ0n) is 17.4. The molecule has 0 unspecified atom stereocenters. The molecule has 13 heteroatoms. The van der Waals surface area contributed by atoms with Gasteiger partial charge in [-0.15, -0.1) is 0 Å². The Balaban J connectivity index is 0.00000385. The van der Waals surface area contributed by atoms with E-state index < -0.39 is 23.7 Å². The van der Waals surface area contributed by atoms with E-state index in [1.165, 1.54) is 17.2 Å². The van der Waals surface area contributed by atoms with Gasteiger partial charge in [0.25, 0.3) is 5.91 Å². The van der Waals surface area contributed by atoms with Gasteiger partial charge >= 0.3 is 6.18 Å². The van der Waals surface area contributed by atoms with E-state index in [0.29, 0.717) is 23.8 Å². The van der Waals surface area contributed by atoms with Gasteiger partial charge in [0.05, 0.1) is 23.5 Å². The molecular weight excluding hydrogens is 481 g/mol. The summed E-state index contributed by atoms with van der Waals surface area (Å²) in [7, 11) is 0. The first kappa shape index (κ1) is 26.1. The van der Waals surface area contributed by atoms with Gasteiger partial charge in [-0.25, -0.2) is 9.97 Å². The molecule has 0 spiro atoms. The molecule has 0 aliphatic rings. The molecule has 3 aromatic rings. The van der Waals surface area contributed by atoms with Gasteiger partial charge in [-0.3, -0.25) is 9.59 Å². The highest BCUT2D eigenvalue weighted by Crippen LogP contribution is 2.32. The predicted octanol–water partition coefficient (Wildman–Crippen LogP) is 4.29. The fraction of sp³-hybridized carbons (Fsp3) is 0.250. The van der Waals surface area contributed by atoms with Crippen LogP contribution in [-0.4, -0.2) is 31.6 Å². The topological polar surface area (TPSA) is 102 Å². The third kappa shape index (κ3) is 6.45. The van der Waals surface area contributed by atoms with Gasteiger partial charge in [0.1, 0.15) is 6.33 Å². The Morgan fingerprint density at radius 2 is 1.91 bits per heavy atom. The molecule has 0 radical (unpaired) electrons. The van der Waals surface area contributed by atoms with E-state index >= 15 is 0 Å². The highest BCUT2D eigenvalue weighted by molar-refractivity contribution is 7.59. The lowest BCUT2D eigenvalue weighted by Gasteiger charge is -2.15. The van der Waals surface area contributed by atoms with Crippen LogP contribution in [0.3, 0.4) is 0 Å². The summed E-state index contributed by atoms with van der Waals surface area (Å²) in [6, 6.07) is 5.13. The Morgan fingerprint density at radius 3 is 2.52 bits per heavy atom. The van der Waals surface area contributed by atoms with Gasteiger partial charge in [0, 0.05) is 17.0 Å². The average molecular weight is 501 g/mol. The summed E-state index contributed by atoms with van der Waals surface area (Å²) >= 11 is 5.75. The van der Waals surface area contributed by atoms with Crippen molar-refractivity contribution in [3.63, 3.8) is 0 Å². The van der Waals surface area contributed by atoms with E-state index in [9.17, 15) is 22.8 Å². The molecule has 8 nitrogen and oxygen atoms in total. The Labute approximate surface area is 199 Å². The van der Waals surface area contributed by atoms with E-state index in [2.05, 4.69) is 25.7 Å². The maximum Gasteiger partial charge on any atom is 0.416 e. The molecule has 3 rings (SSSR count). The van der Waals surface area contributed by atoms with Crippen molar-refractivity contribution >= 4 is 42.6 Å². The maximum absolute atomic E-state index is 13.0. The quantitative estimate of drug-likeness (QED) is 0.526. The third-order valence-electron chi connectivity index (χ3n) is 4.37. The van der Waals surface area contributed by atoms with Crippen molar-refractivity contribution in [3.8, 4) is 5.82 Å². The summed E-state index contributed by atoms with van der Waals surface area (Å²) in [5.74, 6) is -0.248. The van der Waals surface area contributed by atoms with Crippen molar-refractivity contribution in [2.75, 3.05) is 5.32 Å². The fourth-order valence-corrected chi connectivity index (χ4v) is 3.02. The average Bonchev–Trinajstić information content (AvgIpc) is 3.23. The molecule has 1 atom stereocenters. The second kappa shape index (κ2) is 10.7. The van der Waals surface area contributed by atoms with E-state index in [0.717, 1.165) is 18.2 Å². The van der Waals surface area contributed by atoms with Crippen LogP contribution in [0.1, 0.15) is 48.1 Å². The molecule has 176 valence electrons. The summed E-state index contributed by atoms with van der Waals surface area (Å²) in [6.45, 7) is 3.32. The van der Waals surface area contributed by atoms with Crippen molar-refractivity contribution in [1.82, 2.24) is 25.1 Å². The van der Waals surface area contributed by atoms with Gasteiger partial charge < -0.3 is 10.6 Å². The van der Waals surface area contributed by atoms with Crippen molar-refractivity contribution < 1.29 is 22.8 Å². The first-order valence-corrected chi connectivity index (χ1v) is 9.81. The molecule has 0 saturated heterocycles. The Morgan fingerprint density at radius 1 is 1.18 bits per heavy atom. The minimum Gasteiger partial charge on any atom is -0.342 e. The van der Waals surface area contributed by atoms with Crippen LogP contribution in [0.2, 0.25) is 5.02 Å². The van der Waals surface area contributed by atoms with Crippen LogP contribution in [0, 0.1) is 0 Å². The SMILES string of the molecule is CCC(=O)Nc1ccc(-n2ncnc2[C@H](C)NC(=O)c2cc(Cl)cc(C(F)(F)F)c2)nc1.S. The van der Waals surface area contributed by atoms with Crippen molar-refractivity contribution in [2.24, 2.45) is 0 Å². The minimum atomic E-state index is -4.64. The lowest BCUT2D eigenvalue weighted by Crippen LogP contribution is -2.29. The van der Waals surface area contributed by atoms with Gasteiger partial charge in [-0.05, 0) is 37.3 Å². The maximum atomic E-state index is 13.0. The molecule has 0 saturated carbocycles. The number of hydrogen-bond donors (Lipinski definition) is 2. The van der Waals surface area contributed by atoms with Gasteiger partial charge in [-0.1, -0.05) is 18.5 Å². The van der Waals surface area contributed by atoms with E-state index in [-0.39, 0.29) is 30.0 Å². The number of nitrogens with zero attached hydrogens (tertiary/aromatic N) is 4. The smallest absolute Gasteiger partial charge is 0.342 e. The predicted molar refractivity (Wildman–Crippen MR) is 121 cm³/mol. The van der Waals surface area contributed by atoms with Gasteiger partial charge in [-0.2, -0.15) is 36.4 Å². The highest BCUT2D eigenvalue weighted by Gasteiger charge is 2.32. The van der Waals surface area contributed by atoms with Crippen molar-refractivity contribution in [1.29, 1.82) is 0 Å². The minimum absolute atomic E-state index is 0. The summed E-state index contributed by atoms with van der Waals surface area (Å²) in [5.41, 5.74) is -0.757. The fourth-order valence-electron chi connectivity index (χ4n) is 2.79. The molecule has 0 aliphatic heterocycles. The highest BCUT2D eigenvalue weighted by atomic mass is 35.5. The van der Waals surface area contributed by atoms with Crippen LogP contribution in [0.15, 0.2) is 42.9 Å². The van der Waals surface area contributed by atoms with E-state index in [4.69, 9.17) is 11.6 Å². The summed E-state index contributed by atoms with van der Waals surface area (Å²) < 4.78 is 40.4. The summed E-state index contributed by atoms with van der Waals surface area (Å²) in [4.78, 5) is 32.4. The van der Waals surface area contributed by atoms with Crippen LogP contribution in [0.5, 0.6) is 0 Å². The molecule has 2 aromatic heterocycles. The zero-order chi connectivity index (χ0) is 23.5. The molecule has 1 aromatic carbocycles. The first-order chi connectivity index (χ1) is 15.1. The van der Waals surface area contributed by atoms with Crippen LogP contribution in [-0.2, 0) is 11.0 Å². The molecule has 33 heavy (non-hydrogen) atoms. The number of rotatable bonds is 6. The largest absolute Gasteiger partial charge is 0.416 e. The van der Waals surface area contributed by atoms with Crippen LogP contribution in [0.25, 0.3) is 5.82 Å². The summed E-state index contributed by atoms with van der Waals surface area (Å²) in [5, 5.41) is 9.14. The number of halogens is 4. The molecule has 0 bridgehead atoms. The molecule has 2 heterocycles. The molecular formula is C20H20ClF3N6O2S. The number of carbonyl (C=O) groups is 2. The number of nitrogens with one attached hydrogen (secondary N) is 2. The first-order valence-electron chi connectivity index (χ1n) is 9.43. The Hall–Kier alpha value is -3.12. The lowest BCUT2D eigenvalue weighted by molar-refractivity contribution is -0.137. The van der Waals surface area contributed by atoms with Crippen LogP contribution >= 0.6 is 25.1 Å². The molecule has 0 fully saturated rings. The van der Waals surface area contributed by atoms with Gasteiger partial charge in [0.15, 0.2) is 11.6 Å². The molecule has 2 amide bonds. The number of pyridine rings is 1. The number of carbonyl (C=O) groups excluding carboxylic acids is 2. The van der Waals surface area contributed by atoms with Crippen LogP contribution < -0.4 is 10.6 Å². The number of amides is 2. The normalized spacial score (nSPS) is 11.9. The number of anilines is 1. The number of aromatic nitrogens is 4. The number of hydrogen-bond acceptors (Lipinski definition) is 5. The Kier molecular flexibility index (Phi) is 8.45. The van der Waals surface area contributed by atoms with E-state index in [1.807, 2.05) is 0 Å². The van der Waals surface area contributed by atoms with Crippen LogP contribution in [0.4, 0.5) is 18.9 Å². The van der Waals surface area contributed by atoms with Gasteiger partial charge in [0.2, 0.25) is 5.91 Å². The monoisotopic (exact) mass is 500 g/mol. The lowest BCUT2D eigenvalue weighted by atomic mass is 10.1. The molecule has 0 aliphatic carbocycles. The van der Waals surface area contributed by atoms with E-state index in [1.54, 1.807) is 26.0 Å². The molecule has 2 N–H and O–H groups in total. The Bertz CT molecular complexity index is 1140. The summed E-state index contributed by atoms with van der Waals surface area (Å²) in [6.07, 6.45) is -1.61. The third-order valence-corrected chi connectivity index (χ3v) is 4.58. The van der Waals surface area contributed by atoms with Crippen molar-refractivity contribution in [3.05, 3.63) is 64.8 Å². The van der Waals surface area contributed by atoms with Crippen molar-refractivity contribution in [2.45, 2.75) is 32.5 Å². The zero-order valence-corrected chi connectivity index (χ0v) is 19.2. The number of benzene rings is 1.